The highest BCUT2D eigenvalue weighted by molar-refractivity contribution is 5.25. The van der Waals surface area contributed by atoms with Gasteiger partial charge in [-0.3, -0.25) is 10.1 Å². The summed E-state index contributed by atoms with van der Waals surface area (Å²) in [5.74, 6) is 0.630. The van der Waals surface area contributed by atoms with Gasteiger partial charge >= 0.3 is 0 Å². The highest BCUT2D eigenvalue weighted by Crippen LogP contribution is 2.17. The summed E-state index contributed by atoms with van der Waals surface area (Å²) in [6, 6.07) is 8.16. The standard InChI is InChI=1S/C13H19NO2/c1-10(2)8-12-4-6-13(7-5-12)11(3)9-14(15)16/h4-7,10-11H,8-9H2,1-3H3/t11-/m1/s1. The maximum Gasteiger partial charge on any atom is 0.210 e. The summed E-state index contributed by atoms with van der Waals surface area (Å²) in [7, 11) is 0. The zero-order chi connectivity index (χ0) is 12.1. The molecular weight excluding hydrogens is 202 g/mol. The SMILES string of the molecule is CC(C)Cc1ccc([C@H](C)C[N+](=O)[O-])cc1. The van der Waals surface area contributed by atoms with Crippen molar-refractivity contribution in [1.29, 1.82) is 0 Å². The molecule has 1 atom stereocenters. The molecule has 0 fully saturated rings. The Bertz CT molecular complexity index is 343. The van der Waals surface area contributed by atoms with E-state index in [0.29, 0.717) is 5.92 Å². The Balaban J connectivity index is 2.66. The second-order valence-corrected chi connectivity index (χ2v) is 4.76. The Kier molecular flexibility index (Phi) is 4.47. The second-order valence-electron chi connectivity index (χ2n) is 4.76. The molecule has 0 heterocycles. The predicted molar refractivity (Wildman–Crippen MR) is 65.3 cm³/mol. The van der Waals surface area contributed by atoms with Crippen LogP contribution < -0.4 is 0 Å². The van der Waals surface area contributed by atoms with E-state index in [1.165, 1.54) is 5.56 Å². The molecule has 88 valence electrons. The monoisotopic (exact) mass is 221 g/mol. The zero-order valence-corrected chi connectivity index (χ0v) is 10.1. The van der Waals surface area contributed by atoms with Gasteiger partial charge in [-0.1, -0.05) is 45.0 Å². The van der Waals surface area contributed by atoms with E-state index < -0.39 is 0 Å². The van der Waals surface area contributed by atoms with Crippen LogP contribution in [-0.2, 0) is 6.42 Å². The Morgan fingerprint density at radius 3 is 2.19 bits per heavy atom. The fraction of sp³-hybridized carbons (Fsp3) is 0.538. The van der Waals surface area contributed by atoms with Gasteiger partial charge in [-0.05, 0) is 23.5 Å². The topological polar surface area (TPSA) is 43.1 Å². The zero-order valence-electron chi connectivity index (χ0n) is 10.1. The molecule has 1 aromatic carbocycles. The fourth-order valence-corrected chi connectivity index (χ4v) is 1.78. The van der Waals surface area contributed by atoms with Gasteiger partial charge in [0.2, 0.25) is 6.54 Å². The van der Waals surface area contributed by atoms with Gasteiger partial charge in [0.1, 0.15) is 0 Å². The molecule has 0 saturated heterocycles. The van der Waals surface area contributed by atoms with E-state index in [1.54, 1.807) is 0 Å². The maximum absolute atomic E-state index is 10.4. The molecule has 1 aromatic rings. The van der Waals surface area contributed by atoms with Crippen LogP contribution in [0, 0.1) is 16.0 Å². The first-order valence-electron chi connectivity index (χ1n) is 5.69. The lowest BCUT2D eigenvalue weighted by Crippen LogP contribution is -2.09. The number of nitro groups is 1. The van der Waals surface area contributed by atoms with Crippen molar-refractivity contribution in [1.82, 2.24) is 0 Å². The Labute approximate surface area is 96.6 Å². The summed E-state index contributed by atoms with van der Waals surface area (Å²) < 4.78 is 0. The Morgan fingerprint density at radius 2 is 1.75 bits per heavy atom. The van der Waals surface area contributed by atoms with Crippen LogP contribution in [0.5, 0.6) is 0 Å². The fourth-order valence-electron chi connectivity index (χ4n) is 1.78. The van der Waals surface area contributed by atoms with E-state index in [-0.39, 0.29) is 17.4 Å². The van der Waals surface area contributed by atoms with Crippen LogP contribution in [0.3, 0.4) is 0 Å². The first-order valence-corrected chi connectivity index (χ1v) is 5.69. The molecule has 0 radical (unpaired) electrons. The molecule has 0 aliphatic rings. The lowest BCUT2D eigenvalue weighted by Gasteiger charge is -2.09. The van der Waals surface area contributed by atoms with Crippen molar-refractivity contribution >= 4 is 0 Å². The molecule has 0 amide bonds. The predicted octanol–water partition coefficient (Wildman–Crippen LogP) is 3.27. The maximum atomic E-state index is 10.4. The van der Waals surface area contributed by atoms with E-state index in [0.717, 1.165) is 12.0 Å². The Hall–Kier alpha value is -1.38. The van der Waals surface area contributed by atoms with Gasteiger partial charge in [0.15, 0.2) is 0 Å². The summed E-state index contributed by atoms with van der Waals surface area (Å²) in [5.41, 5.74) is 2.34. The second kappa shape index (κ2) is 5.64. The van der Waals surface area contributed by atoms with Crippen LogP contribution in [-0.4, -0.2) is 11.5 Å². The first-order chi connectivity index (χ1) is 7.49. The molecule has 3 heteroatoms. The van der Waals surface area contributed by atoms with Gasteiger partial charge in [-0.25, -0.2) is 0 Å². The minimum absolute atomic E-state index is 0.00350. The lowest BCUT2D eigenvalue weighted by atomic mass is 9.97. The van der Waals surface area contributed by atoms with E-state index in [1.807, 2.05) is 19.1 Å². The molecule has 0 unspecified atom stereocenters. The number of hydrogen-bond donors (Lipinski definition) is 0. The molecule has 16 heavy (non-hydrogen) atoms. The van der Waals surface area contributed by atoms with Crippen LogP contribution in [0.25, 0.3) is 0 Å². The van der Waals surface area contributed by atoms with Gasteiger partial charge in [0, 0.05) is 10.8 Å². The number of rotatable bonds is 5. The van der Waals surface area contributed by atoms with E-state index in [2.05, 4.69) is 26.0 Å². The third-order valence-corrected chi connectivity index (χ3v) is 2.62. The molecule has 0 bridgehead atoms. The molecule has 0 aliphatic heterocycles. The van der Waals surface area contributed by atoms with E-state index in [4.69, 9.17) is 0 Å². The third kappa shape index (κ3) is 4.01. The largest absolute Gasteiger partial charge is 0.265 e. The average molecular weight is 221 g/mol. The van der Waals surface area contributed by atoms with Gasteiger partial charge in [0.25, 0.3) is 0 Å². The highest BCUT2D eigenvalue weighted by Gasteiger charge is 2.11. The molecule has 3 nitrogen and oxygen atoms in total. The van der Waals surface area contributed by atoms with Crippen LogP contribution >= 0.6 is 0 Å². The van der Waals surface area contributed by atoms with Crippen LogP contribution in [0.4, 0.5) is 0 Å². The van der Waals surface area contributed by atoms with Crippen LogP contribution in [0.15, 0.2) is 24.3 Å². The van der Waals surface area contributed by atoms with Crippen molar-refractivity contribution in [3.8, 4) is 0 Å². The quantitative estimate of drug-likeness (QED) is 0.565. The number of nitrogens with zero attached hydrogens (tertiary/aromatic N) is 1. The Morgan fingerprint density at radius 1 is 1.19 bits per heavy atom. The smallest absolute Gasteiger partial charge is 0.210 e. The van der Waals surface area contributed by atoms with Crippen molar-refractivity contribution in [3.05, 3.63) is 45.5 Å². The molecular formula is C13H19NO2. The number of hydrogen-bond acceptors (Lipinski definition) is 2. The number of benzene rings is 1. The molecule has 0 saturated carbocycles. The summed E-state index contributed by atoms with van der Waals surface area (Å²) >= 11 is 0. The third-order valence-electron chi connectivity index (χ3n) is 2.62. The van der Waals surface area contributed by atoms with Crippen molar-refractivity contribution in [2.24, 2.45) is 5.92 Å². The lowest BCUT2D eigenvalue weighted by molar-refractivity contribution is -0.482. The summed E-state index contributed by atoms with van der Waals surface area (Å²) in [4.78, 5) is 10.1. The summed E-state index contributed by atoms with van der Waals surface area (Å²) in [5, 5.41) is 10.4. The van der Waals surface area contributed by atoms with E-state index in [9.17, 15) is 10.1 Å². The van der Waals surface area contributed by atoms with Crippen molar-refractivity contribution in [2.45, 2.75) is 33.1 Å². The van der Waals surface area contributed by atoms with E-state index >= 15 is 0 Å². The minimum atomic E-state index is -0.257. The van der Waals surface area contributed by atoms with Crippen molar-refractivity contribution in [2.75, 3.05) is 6.54 Å². The summed E-state index contributed by atoms with van der Waals surface area (Å²) in [6.07, 6.45) is 1.06. The van der Waals surface area contributed by atoms with Crippen LogP contribution in [0.1, 0.15) is 37.8 Å². The summed E-state index contributed by atoms with van der Waals surface area (Å²) in [6.45, 7) is 6.26. The van der Waals surface area contributed by atoms with Gasteiger partial charge in [0.05, 0.1) is 0 Å². The molecule has 0 spiro atoms. The van der Waals surface area contributed by atoms with Crippen molar-refractivity contribution < 1.29 is 4.92 Å². The minimum Gasteiger partial charge on any atom is -0.265 e. The molecule has 0 N–H and O–H groups in total. The van der Waals surface area contributed by atoms with Gasteiger partial charge in [-0.15, -0.1) is 0 Å². The van der Waals surface area contributed by atoms with Crippen LogP contribution in [0.2, 0.25) is 0 Å². The average Bonchev–Trinajstić information content (AvgIpc) is 2.16. The van der Waals surface area contributed by atoms with Gasteiger partial charge in [-0.2, -0.15) is 0 Å². The normalized spacial score (nSPS) is 12.8. The molecule has 0 aromatic heterocycles. The molecule has 1 rings (SSSR count). The van der Waals surface area contributed by atoms with Gasteiger partial charge < -0.3 is 0 Å². The first kappa shape index (κ1) is 12.7. The van der Waals surface area contributed by atoms with Crippen molar-refractivity contribution in [3.63, 3.8) is 0 Å². The molecule has 0 aliphatic carbocycles. The highest BCUT2D eigenvalue weighted by atomic mass is 16.6.